The van der Waals surface area contributed by atoms with Crippen molar-refractivity contribution in [1.82, 2.24) is 4.90 Å². The molecule has 2 aromatic rings. The van der Waals surface area contributed by atoms with Crippen LogP contribution in [0, 0.1) is 0 Å². The lowest BCUT2D eigenvalue weighted by atomic mass is 10.1. The van der Waals surface area contributed by atoms with E-state index in [0.29, 0.717) is 5.75 Å². The number of imide groups is 1. The summed E-state index contributed by atoms with van der Waals surface area (Å²) in [5.74, 6) is -3.62. The number of likely N-dealkylation sites (tertiary alicyclic amines) is 1. The fourth-order valence-corrected chi connectivity index (χ4v) is 2.97. The molecule has 31 heavy (non-hydrogen) atoms. The van der Waals surface area contributed by atoms with E-state index in [9.17, 15) is 27.6 Å². The summed E-state index contributed by atoms with van der Waals surface area (Å²) in [7, 11) is 1.43. The van der Waals surface area contributed by atoms with Gasteiger partial charge in [-0.1, -0.05) is 30.3 Å². The molecule has 1 aliphatic rings. The minimum absolute atomic E-state index is 0.0695. The molecule has 0 bridgehead atoms. The SMILES string of the molecule is COc1ccc(C(=O)N2CCC(OC(=O)C(F)(F)F)C2=O)cc1OCc1ccccc1. The Balaban J connectivity index is 1.72. The second kappa shape index (κ2) is 9.07. The van der Waals surface area contributed by atoms with E-state index >= 15 is 0 Å². The van der Waals surface area contributed by atoms with Gasteiger partial charge in [-0.25, -0.2) is 4.79 Å². The van der Waals surface area contributed by atoms with Crippen LogP contribution in [0.25, 0.3) is 0 Å². The van der Waals surface area contributed by atoms with Crippen molar-refractivity contribution < 1.29 is 41.8 Å². The molecule has 164 valence electrons. The van der Waals surface area contributed by atoms with E-state index in [-0.39, 0.29) is 30.9 Å². The monoisotopic (exact) mass is 437 g/mol. The van der Waals surface area contributed by atoms with Gasteiger partial charge in [-0.2, -0.15) is 13.2 Å². The summed E-state index contributed by atoms with van der Waals surface area (Å²) in [4.78, 5) is 36.8. The predicted molar refractivity (Wildman–Crippen MR) is 100 cm³/mol. The standard InChI is InChI=1S/C21H18F3NO6/c1-29-15-8-7-14(11-17(15)30-12-13-5-3-2-4-6-13)18(26)25-10-9-16(19(25)27)31-20(28)21(22,23)24/h2-8,11,16H,9-10,12H2,1H3. The average Bonchev–Trinajstić information content (AvgIpc) is 3.11. The number of hydrogen-bond donors (Lipinski definition) is 0. The molecule has 0 aliphatic carbocycles. The Kier molecular flexibility index (Phi) is 6.47. The fourth-order valence-electron chi connectivity index (χ4n) is 2.97. The van der Waals surface area contributed by atoms with E-state index in [0.717, 1.165) is 10.5 Å². The van der Waals surface area contributed by atoms with Crippen molar-refractivity contribution in [2.45, 2.75) is 25.3 Å². The summed E-state index contributed by atoms with van der Waals surface area (Å²) in [6.45, 7) is 0.0205. The van der Waals surface area contributed by atoms with E-state index in [1.54, 1.807) is 0 Å². The topological polar surface area (TPSA) is 82.1 Å². The Morgan fingerprint density at radius 2 is 1.81 bits per heavy atom. The number of hydrogen-bond acceptors (Lipinski definition) is 6. The number of esters is 1. The smallest absolute Gasteiger partial charge is 0.490 e. The number of benzene rings is 2. The number of methoxy groups -OCH3 is 1. The third-order valence-corrected chi connectivity index (χ3v) is 4.53. The molecule has 2 aromatic carbocycles. The molecule has 1 saturated heterocycles. The number of carbonyl (C=O) groups excluding carboxylic acids is 3. The molecule has 2 amide bonds. The Bertz CT molecular complexity index is 977. The van der Waals surface area contributed by atoms with Crippen LogP contribution in [0.3, 0.4) is 0 Å². The zero-order chi connectivity index (χ0) is 22.6. The maximum Gasteiger partial charge on any atom is 0.490 e. The summed E-state index contributed by atoms with van der Waals surface area (Å²) >= 11 is 0. The van der Waals surface area contributed by atoms with E-state index in [1.807, 2.05) is 30.3 Å². The van der Waals surface area contributed by atoms with Gasteiger partial charge in [-0.3, -0.25) is 14.5 Å². The van der Waals surface area contributed by atoms with Crippen LogP contribution >= 0.6 is 0 Å². The highest BCUT2D eigenvalue weighted by Crippen LogP contribution is 2.30. The number of carbonyl (C=O) groups is 3. The molecular formula is C21H18F3NO6. The van der Waals surface area contributed by atoms with E-state index in [1.165, 1.54) is 25.3 Å². The molecule has 0 saturated carbocycles. The van der Waals surface area contributed by atoms with Crippen molar-refractivity contribution in [3.63, 3.8) is 0 Å². The van der Waals surface area contributed by atoms with E-state index in [4.69, 9.17) is 9.47 Å². The van der Waals surface area contributed by atoms with Crippen LogP contribution in [0.4, 0.5) is 13.2 Å². The number of halogens is 3. The molecule has 1 fully saturated rings. The maximum atomic E-state index is 12.8. The van der Waals surface area contributed by atoms with Crippen LogP contribution in [0.15, 0.2) is 48.5 Å². The van der Waals surface area contributed by atoms with E-state index in [2.05, 4.69) is 4.74 Å². The summed E-state index contributed by atoms with van der Waals surface area (Å²) in [5, 5.41) is 0. The van der Waals surface area contributed by atoms with Gasteiger partial charge < -0.3 is 14.2 Å². The highest BCUT2D eigenvalue weighted by Gasteiger charge is 2.46. The Hall–Kier alpha value is -3.56. The number of nitrogens with zero attached hydrogens (tertiary/aromatic N) is 1. The Labute approximate surface area is 175 Å². The highest BCUT2D eigenvalue weighted by molar-refractivity contribution is 6.07. The maximum absolute atomic E-state index is 12.8. The first-order chi connectivity index (χ1) is 14.7. The predicted octanol–water partition coefficient (Wildman–Crippen LogP) is 3.12. The molecule has 10 heteroatoms. The normalized spacial score (nSPS) is 16.2. The second-order valence-electron chi connectivity index (χ2n) is 6.62. The van der Waals surface area contributed by atoms with Crippen molar-refractivity contribution in [1.29, 1.82) is 0 Å². The fraction of sp³-hybridized carbons (Fsp3) is 0.286. The minimum atomic E-state index is -5.22. The third kappa shape index (κ3) is 5.14. The lowest BCUT2D eigenvalue weighted by molar-refractivity contribution is -0.204. The minimum Gasteiger partial charge on any atom is -0.493 e. The zero-order valence-electron chi connectivity index (χ0n) is 16.3. The van der Waals surface area contributed by atoms with Crippen molar-refractivity contribution in [3.05, 3.63) is 59.7 Å². The van der Waals surface area contributed by atoms with Gasteiger partial charge >= 0.3 is 12.1 Å². The summed E-state index contributed by atoms with van der Waals surface area (Å²) < 4.78 is 52.3. The van der Waals surface area contributed by atoms with E-state index < -0.39 is 30.1 Å². The van der Waals surface area contributed by atoms with Crippen molar-refractivity contribution in [2.75, 3.05) is 13.7 Å². The van der Waals surface area contributed by atoms with Crippen LogP contribution in [0.1, 0.15) is 22.3 Å². The molecule has 3 rings (SSSR count). The number of amides is 2. The molecule has 0 N–H and O–H groups in total. The van der Waals surface area contributed by atoms with Crippen molar-refractivity contribution in [2.24, 2.45) is 0 Å². The number of rotatable bonds is 6. The molecule has 1 heterocycles. The van der Waals surface area contributed by atoms with Gasteiger partial charge in [0, 0.05) is 18.5 Å². The van der Waals surface area contributed by atoms with Crippen LogP contribution in [0.5, 0.6) is 11.5 Å². The quantitative estimate of drug-likeness (QED) is 0.510. The van der Waals surface area contributed by atoms with Crippen LogP contribution in [-0.2, 0) is 20.9 Å². The Morgan fingerprint density at radius 1 is 1.10 bits per heavy atom. The Morgan fingerprint density at radius 3 is 2.45 bits per heavy atom. The number of ether oxygens (including phenoxy) is 3. The summed E-state index contributed by atoms with van der Waals surface area (Å²) in [5.41, 5.74) is 0.949. The zero-order valence-corrected chi connectivity index (χ0v) is 16.3. The second-order valence-corrected chi connectivity index (χ2v) is 6.62. The summed E-state index contributed by atoms with van der Waals surface area (Å²) in [6.07, 6.45) is -7.11. The van der Waals surface area contributed by atoms with Crippen LogP contribution < -0.4 is 9.47 Å². The van der Waals surface area contributed by atoms with Gasteiger partial charge in [0.05, 0.1) is 7.11 Å². The van der Waals surface area contributed by atoms with Gasteiger partial charge in [0.25, 0.3) is 11.8 Å². The molecule has 1 atom stereocenters. The molecule has 0 radical (unpaired) electrons. The molecule has 0 spiro atoms. The van der Waals surface area contributed by atoms with Crippen LogP contribution in [-0.4, -0.2) is 48.6 Å². The van der Waals surface area contributed by atoms with Crippen molar-refractivity contribution >= 4 is 17.8 Å². The van der Waals surface area contributed by atoms with Gasteiger partial charge in [-0.05, 0) is 23.8 Å². The first-order valence-corrected chi connectivity index (χ1v) is 9.19. The van der Waals surface area contributed by atoms with Gasteiger partial charge in [0.15, 0.2) is 17.6 Å². The lowest BCUT2D eigenvalue weighted by Gasteiger charge is -2.17. The average molecular weight is 437 g/mol. The van der Waals surface area contributed by atoms with Crippen molar-refractivity contribution in [3.8, 4) is 11.5 Å². The molecule has 1 aliphatic heterocycles. The first-order valence-electron chi connectivity index (χ1n) is 9.19. The lowest BCUT2D eigenvalue weighted by Crippen LogP contribution is -2.38. The summed E-state index contributed by atoms with van der Waals surface area (Å²) in [6, 6.07) is 13.5. The third-order valence-electron chi connectivity index (χ3n) is 4.53. The molecular weight excluding hydrogens is 419 g/mol. The van der Waals surface area contributed by atoms with Gasteiger partial charge in [0.1, 0.15) is 6.61 Å². The largest absolute Gasteiger partial charge is 0.493 e. The van der Waals surface area contributed by atoms with Crippen LogP contribution in [0.2, 0.25) is 0 Å². The van der Waals surface area contributed by atoms with Gasteiger partial charge in [0.2, 0.25) is 0 Å². The van der Waals surface area contributed by atoms with Gasteiger partial charge in [-0.15, -0.1) is 0 Å². The first kappa shape index (κ1) is 22.1. The highest BCUT2D eigenvalue weighted by atomic mass is 19.4. The number of alkyl halides is 3. The molecule has 7 nitrogen and oxygen atoms in total. The molecule has 1 unspecified atom stereocenters. The molecule has 0 aromatic heterocycles.